The van der Waals surface area contributed by atoms with Gasteiger partial charge in [0.2, 0.25) is 0 Å². The molecule has 0 rings (SSSR count). The molecular weight excluding hydrogens is 759 g/mol. The van der Waals surface area contributed by atoms with Gasteiger partial charge in [-0.25, -0.2) is 0 Å². The molecular formula is C62H127N. The third kappa shape index (κ3) is 62.0. The molecule has 0 bridgehead atoms. The van der Waals surface area contributed by atoms with Crippen LogP contribution in [0.25, 0.3) is 0 Å². The van der Waals surface area contributed by atoms with E-state index < -0.39 is 0 Å². The maximum absolute atomic E-state index is 3.72. The van der Waals surface area contributed by atoms with Crippen LogP contribution in [0.5, 0.6) is 0 Å². The lowest BCUT2D eigenvalue weighted by Gasteiger charge is -2.06. The standard InChI is InChI=1S/C62H127N/c1-3-5-7-9-11-13-15-17-19-21-23-24-25-26-27-28-29-30-31-32-33-34-35-36-37-38-39-40-41-42-43-44-46-48-50-52-54-56-58-60-62-63-61-59-57-55-53-51-49-47-45-22-20-18-16-14-12-10-8-6-4-2/h63H,3-62H2,1-2H3. The maximum Gasteiger partial charge on any atom is -0.00489 e. The molecule has 0 saturated heterocycles. The average molecular weight is 887 g/mol. The molecule has 1 nitrogen and oxygen atoms in total. The third-order valence-corrected chi connectivity index (χ3v) is 14.9. The van der Waals surface area contributed by atoms with Crippen LogP contribution in [0.3, 0.4) is 0 Å². The van der Waals surface area contributed by atoms with Crippen molar-refractivity contribution in [2.75, 3.05) is 13.1 Å². The lowest BCUT2D eigenvalue weighted by atomic mass is 10.0. The fourth-order valence-corrected chi connectivity index (χ4v) is 10.3. The Hall–Kier alpha value is -0.0400. The van der Waals surface area contributed by atoms with E-state index in [1.807, 2.05) is 0 Å². The molecule has 0 aliphatic rings. The summed E-state index contributed by atoms with van der Waals surface area (Å²) in [6.07, 6.45) is 85.7. The van der Waals surface area contributed by atoms with E-state index >= 15 is 0 Å². The van der Waals surface area contributed by atoms with Crippen LogP contribution in [-0.2, 0) is 0 Å². The van der Waals surface area contributed by atoms with Crippen LogP contribution in [0.2, 0.25) is 0 Å². The minimum Gasteiger partial charge on any atom is -0.317 e. The Kier molecular flexibility index (Phi) is 61.9. The Bertz CT molecular complexity index is 671. The number of hydrogen-bond donors (Lipinski definition) is 1. The fourth-order valence-electron chi connectivity index (χ4n) is 10.3. The SMILES string of the molecule is CCCCCCCCCCCCCCCCCCCCCCCCCCCCCCCCCCCCCCCCCCNCCCCCCCCCCCCCCCCCCCC. The van der Waals surface area contributed by atoms with E-state index in [0.717, 1.165) is 0 Å². The molecule has 0 aromatic heterocycles. The zero-order valence-electron chi connectivity index (χ0n) is 44.9. The van der Waals surface area contributed by atoms with Crippen LogP contribution < -0.4 is 5.32 Å². The molecule has 0 aromatic rings. The van der Waals surface area contributed by atoms with Gasteiger partial charge in [0.15, 0.2) is 0 Å². The molecule has 0 amide bonds. The topological polar surface area (TPSA) is 12.0 Å². The second kappa shape index (κ2) is 62.0. The molecule has 0 radical (unpaired) electrons. The van der Waals surface area contributed by atoms with Crippen LogP contribution in [-0.4, -0.2) is 13.1 Å². The van der Waals surface area contributed by atoms with Gasteiger partial charge in [0.1, 0.15) is 0 Å². The van der Waals surface area contributed by atoms with E-state index in [2.05, 4.69) is 19.2 Å². The van der Waals surface area contributed by atoms with Gasteiger partial charge in [-0.3, -0.25) is 0 Å². The van der Waals surface area contributed by atoms with E-state index in [-0.39, 0.29) is 0 Å². The number of nitrogens with one attached hydrogen (secondary N) is 1. The van der Waals surface area contributed by atoms with E-state index in [0.29, 0.717) is 0 Å². The molecule has 1 heteroatoms. The molecule has 63 heavy (non-hydrogen) atoms. The maximum atomic E-state index is 3.72. The first-order valence-corrected chi connectivity index (χ1v) is 31.1. The molecule has 0 fully saturated rings. The van der Waals surface area contributed by atoms with Gasteiger partial charge in [-0.1, -0.05) is 373 Å². The molecule has 0 aliphatic heterocycles. The zero-order valence-corrected chi connectivity index (χ0v) is 44.9. The molecule has 380 valence electrons. The van der Waals surface area contributed by atoms with Crippen LogP contribution >= 0.6 is 0 Å². The van der Waals surface area contributed by atoms with Gasteiger partial charge in [-0.2, -0.15) is 0 Å². The Labute approximate surface area is 403 Å². The van der Waals surface area contributed by atoms with Crippen LogP contribution in [0.1, 0.15) is 386 Å². The van der Waals surface area contributed by atoms with Gasteiger partial charge in [0.25, 0.3) is 0 Å². The van der Waals surface area contributed by atoms with Gasteiger partial charge in [-0.15, -0.1) is 0 Å². The van der Waals surface area contributed by atoms with Crippen LogP contribution in [0, 0.1) is 0 Å². The van der Waals surface area contributed by atoms with Crippen molar-refractivity contribution in [3.63, 3.8) is 0 Å². The number of rotatable bonds is 60. The van der Waals surface area contributed by atoms with E-state index in [1.165, 1.54) is 385 Å². The molecule has 0 aromatic carbocycles. The van der Waals surface area contributed by atoms with Crippen molar-refractivity contribution in [1.29, 1.82) is 0 Å². The summed E-state index contributed by atoms with van der Waals surface area (Å²) < 4.78 is 0. The lowest BCUT2D eigenvalue weighted by molar-refractivity contribution is 0.508. The average Bonchev–Trinajstić information content (AvgIpc) is 3.29. The zero-order chi connectivity index (χ0) is 45.1. The predicted octanol–water partition coefficient (Wildman–Crippen LogP) is 23.2. The monoisotopic (exact) mass is 886 g/mol. The van der Waals surface area contributed by atoms with E-state index in [1.54, 1.807) is 0 Å². The summed E-state index contributed by atoms with van der Waals surface area (Å²) in [5.41, 5.74) is 0. The largest absolute Gasteiger partial charge is 0.317 e. The summed E-state index contributed by atoms with van der Waals surface area (Å²) in [5, 5.41) is 3.72. The quantitative estimate of drug-likeness (QED) is 0.0600. The molecule has 0 aliphatic carbocycles. The third-order valence-electron chi connectivity index (χ3n) is 14.9. The van der Waals surface area contributed by atoms with Crippen molar-refractivity contribution < 1.29 is 0 Å². The fraction of sp³-hybridized carbons (Fsp3) is 1.00. The first kappa shape index (κ1) is 63.0. The first-order chi connectivity index (χ1) is 31.4. The highest BCUT2D eigenvalue weighted by atomic mass is 14.8. The van der Waals surface area contributed by atoms with Crippen molar-refractivity contribution in [1.82, 2.24) is 5.32 Å². The van der Waals surface area contributed by atoms with Crippen LogP contribution in [0.15, 0.2) is 0 Å². The second-order valence-electron chi connectivity index (χ2n) is 21.5. The van der Waals surface area contributed by atoms with E-state index in [4.69, 9.17) is 0 Å². The van der Waals surface area contributed by atoms with Crippen molar-refractivity contribution in [3.8, 4) is 0 Å². The number of unbranched alkanes of at least 4 members (excludes halogenated alkanes) is 56. The Morgan fingerprint density at radius 1 is 0.127 bits per heavy atom. The molecule has 0 saturated carbocycles. The molecule has 0 atom stereocenters. The highest BCUT2D eigenvalue weighted by molar-refractivity contribution is 4.56. The normalized spacial score (nSPS) is 11.7. The van der Waals surface area contributed by atoms with Crippen molar-refractivity contribution in [2.45, 2.75) is 386 Å². The molecule has 0 spiro atoms. The van der Waals surface area contributed by atoms with Gasteiger partial charge < -0.3 is 5.32 Å². The Balaban J connectivity index is 3.06. The molecule has 1 N–H and O–H groups in total. The minimum absolute atomic E-state index is 1.25. The first-order valence-electron chi connectivity index (χ1n) is 31.1. The highest BCUT2D eigenvalue weighted by Gasteiger charge is 2.00. The van der Waals surface area contributed by atoms with Crippen molar-refractivity contribution in [2.24, 2.45) is 0 Å². The second-order valence-corrected chi connectivity index (χ2v) is 21.5. The van der Waals surface area contributed by atoms with Gasteiger partial charge in [-0.05, 0) is 25.9 Å². The summed E-state index contributed by atoms with van der Waals surface area (Å²) >= 11 is 0. The molecule has 0 heterocycles. The minimum atomic E-state index is 1.25. The Morgan fingerprint density at radius 3 is 0.333 bits per heavy atom. The van der Waals surface area contributed by atoms with Gasteiger partial charge in [0.05, 0.1) is 0 Å². The predicted molar refractivity (Wildman–Crippen MR) is 292 cm³/mol. The van der Waals surface area contributed by atoms with Gasteiger partial charge in [0, 0.05) is 0 Å². The summed E-state index contributed by atoms with van der Waals surface area (Å²) in [4.78, 5) is 0. The summed E-state index contributed by atoms with van der Waals surface area (Å²) in [6.45, 7) is 7.12. The van der Waals surface area contributed by atoms with Crippen molar-refractivity contribution >= 4 is 0 Å². The summed E-state index contributed by atoms with van der Waals surface area (Å²) in [5.74, 6) is 0. The van der Waals surface area contributed by atoms with Gasteiger partial charge >= 0.3 is 0 Å². The molecule has 0 unspecified atom stereocenters. The Morgan fingerprint density at radius 2 is 0.222 bits per heavy atom. The van der Waals surface area contributed by atoms with Crippen molar-refractivity contribution in [3.05, 3.63) is 0 Å². The smallest absolute Gasteiger partial charge is 0.00489 e. The highest BCUT2D eigenvalue weighted by Crippen LogP contribution is 2.19. The summed E-state index contributed by atoms with van der Waals surface area (Å²) in [6, 6.07) is 0. The summed E-state index contributed by atoms with van der Waals surface area (Å²) in [7, 11) is 0. The van der Waals surface area contributed by atoms with E-state index in [9.17, 15) is 0 Å². The van der Waals surface area contributed by atoms with Crippen LogP contribution in [0.4, 0.5) is 0 Å². The number of hydrogen-bond acceptors (Lipinski definition) is 1. The lowest BCUT2D eigenvalue weighted by Crippen LogP contribution is -2.16.